The molecule has 0 saturated carbocycles. The zero-order chi connectivity index (χ0) is 12.3. The Bertz CT molecular complexity index is 577. The zero-order valence-electron chi connectivity index (χ0n) is 8.48. The second-order valence-corrected chi connectivity index (χ2v) is 4.01. The van der Waals surface area contributed by atoms with Gasteiger partial charge in [-0.15, -0.1) is 0 Å². The van der Waals surface area contributed by atoms with Crippen LogP contribution in [0.4, 0.5) is 15.9 Å². The van der Waals surface area contributed by atoms with Crippen LogP contribution in [0.1, 0.15) is 5.69 Å². The molecule has 0 saturated heterocycles. The minimum Gasteiger partial charge on any atom is -0.339 e. The fourth-order valence-electron chi connectivity index (χ4n) is 1.17. The summed E-state index contributed by atoms with van der Waals surface area (Å²) in [4.78, 5) is 7.81. The monoisotopic (exact) mass is 292 g/mol. The van der Waals surface area contributed by atoms with Crippen LogP contribution in [-0.4, -0.2) is 9.97 Å². The molecule has 2 rings (SSSR count). The standard InChI is InChI=1S/C11H6BrFN4/c12-9-2-1-7(3-10(9)13)17-11-6-15-8(4-14)5-16-11/h1-3,5-6H,(H,16,17). The van der Waals surface area contributed by atoms with Crippen LogP contribution in [0.15, 0.2) is 35.1 Å². The van der Waals surface area contributed by atoms with Gasteiger partial charge in [0, 0.05) is 5.69 Å². The normalized spacial score (nSPS) is 9.71. The van der Waals surface area contributed by atoms with Gasteiger partial charge in [0.1, 0.15) is 17.7 Å². The van der Waals surface area contributed by atoms with E-state index in [1.54, 1.807) is 12.1 Å². The number of hydrogen-bond donors (Lipinski definition) is 1. The van der Waals surface area contributed by atoms with Crippen molar-refractivity contribution in [3.8, 4) is 6.07 Å². The molecule has 6 heteroatoms. The van der Waals surface area contributed by atoms with Gasteiger partial charge in [-0.1, -0.05) is 0 Å². The summed E-state index contributed by atoms with van der Waals surface area (Å²) in [7, 11) is 0. The van der Waals surface area contributed by atoms with Crippen molar-refractivity contribution in [2.24, 2.45) is 0 Å². The van der Waals surface area contributed by atoms with Crippen molar-refractivity contribution in [2.45, 2.75) is 0 Å². The molecule has 1 aromatic carbocycles. The lowest BCUT2D eigenvalue weighted by Gasteiger charge is -2.05. The molecule has 1 aromatic heterocycles. The molecule has 0 aliphatic heterocycles. The highest BCUT2D eigenvalue weighted by molar-refractivity contribution is 9.10. The average Bonchev–Trinajstić information content (AvgIpc) is 2.35. The van der Waals surface area contributed by atoms with Gasteiger partial charge in [-0.2, -0.15) is 5.26 Å². The van der Waals surface area contributed by atoms with Crippen molar-refractivity contribution >= 4 is 27.4 Å². The molecule has 84 valence electrons. The van der Waals surface area contributed by atoms with E-state index < -0.39 is 0 Å². The van der Waals surface area contributed by atoms with E-state index in [0.29, 0.717) is 16.0 Å². The van der Waals surface area contributed by atoms with Crippen LogP contribution in [0.5, 0.6) is 0 Å². The summed E-state index contributed by atoms with van der Waals surface area (Å²) in [5.74, 6) is 0.0855. The molecule has 1 heterocycles. The van der Waals surface area contributed by atoms with E-state index >= 15 is 0 Å². The van der Waals surface area contributed by atoms with Gasteiger partial charge >= 0.3 is 0 Å². The van der Waals surface area contributed by atoms with Crippen molar-refractivity contribution in [3.05, 3.63) is 46.6 Å². The molecule has 0 spiro atoms. The Morgan fingerprint density at radius 1 is 1.29 bits per heavy atom. The lowest BCUT2D eigenvalue weighted by Crippen LogP contribution is -1.96. The maximum atomic E-state index is 13.2. The molecular formula is C11H6BrFN4. The molecule has 4 nitrogen and oxygen atoms in total. The summed E-state index contributed by atoms with van der Waals surface area (Å²) >= 11 is 3.07. The number of hydrogen-bond acceptors (Lipinski definition) is 4. The molecule has 0 amide bonds. The van der Waals surface area contributed by atoms with Gasteiger partial charge in [-0.25, -0.2) is 14.4 Å². The summed E-state index contributed by atoms with van der Waals surface area (Å²) in [6, 6.07) is 6.50. The Morgan fingerprint density at radius 2 is 2.12 bits per heavy atom. The second kappa shape index (κ2) is 4.89. The fraction of sp³-hybridized carbons (Fsp3) is 0. The number of nitrogens with zero attached hydrogens (tertiary/aromatic N) is 3. The Morgan fingerprint density at radius 3 is 2.71 bits per heavy atom. The summed E-state index contributed by atoms with van der Waals surface area (Å²) in [5.41, 5.74) is 0.794. The molecule has 0 aliphatic carbocycles. The Hall–Kier alpha value is -2.00. The topological polar surface area (TPSA) is 61.6 Å². The van der Waals surface area contributed by atoms with Gasteiger partial charge in [0.2, 0.25) is 0 Å². The first-order chi connectivity index (χ1) is 8.19. The first-order valence-electron chi connectivity index (χ1n) is 4.63. The number of nitriles is 1. The van der Waals surface area contributed by atoms with Gasteiger partial charge in [0.25, 0.3) is 0 Å². The molecule has 1 N–H and O–H groups in total. The van der Waals surface area contributed by atoms with Crippen molar-refractivity contribution in [1.29, 1.82) is 5.26 Å². The van der Waals surface area contributed by atoms with Gasteiger partial charge in [-0.3, -0.25) is 0 Å². The van der Waals surface area contributed by atoms with E-state index in [2.05, 4.69) is 31.2 Å². The fourth-order valence-corrected chi connectivity index (χ4v) is 1.42. The van der Waals surface area contributed by atoms with E-state index in [0.717, 1.165) is 0 Å². The Kier molecular flexibility index (Phi) is 3.30. The minimum absolute atomic E-state index is 0.234. The predicted octanol–water partition coefficient (Wildman–Crippen LogP) is 2.99. The summed E-state index contributed by atoms with van der Waals surface area (Å²) in [5, 5.41) is 11.4. The maximum Gasteiger partial charge on any atom is 0.158 e. The van der Waals surface area contributed by atoms with Gasteiger partial charge in [0.15, 0.2) is 5.69 Å². The number of rotatable bonds is 2. The van der Waals surface area contributed by atoms with Crippen molar-refractivity contribution in [1.82, 2.24) is 9.97 Å². The molecular weight excluding hydrogens is 287 g/mol. The number of benzene rings is 1. The van der Waals surface area contributed by atoms with E-state index in [-0.39, 0.29) is 11.5 Å². The van der Waals surface area contributed by atoms with Crippen molar-refractivity contribution in [3.63, 3.8) is 0 Å². The van der Waals surface area contributed by atoms with Crippen molar-refractivity contribution in [2.75, 3.05) is 5.32 Å². The van der Waals surface area contributed by atoms with Crippen LogP contribution < -0.4 is 5.32 Å². The first kappa shape index (κ1) is 11.5. The second-order valence-electron chi connectivity index (χ2n) is 3.15. The molecule has 0 fully saturated rings. The molecule has 0 atom stereocenters. The summed E-state index contributed by atoms with van der Waals surface area (Å²) in [6.45, 7) is 0. The third-order valence-corrected chi connectivity index (χ3v) is 2.60. The highest BCUT2D eigenvalue weighted by Gasteiger charge is 2.02. The third-order valence-electron chi connectivity index (χ3n) is 1.96. The maximum absolute atomic E-state index is 13.2. The van der Waals surface area contributed by atoms with E-state index in [1.807, 2.05) is 6.07 Å². The largest absolute Gasteiger partial charge is 0.339 e. The number of nitrogens with one attached hydrogen (secondary N) is 1. The first-order valence-corrected chi connectivity index (χ1v) is 5.42. The molecule has 17 heavy (non-hydrogen) atoms. The van der Waals surface area contributed by atoms with E-state index in [1.165, 1.54) is 18.5 Å². The van der Waals surface area contributed by atoms with Gasteiger partial charge < -0.3 is 5.32 Å². The lowest BCUT2D eigenvalue weighted by atomic mass is 10.3. The average molecular weight is 293 g/mol. The van der Waals surface area contributed by atoms with Crippen LogP contribution >= 0.6 is 15.9 Å². The number of anilines is 2. The molecule has 0 unspecified atom stereocenters. The summed E-state index contributed by atoms with van der Waals surface area (Å²) in [6.07, 6.45) is 2.76. The van der Waals surface area contributed by atoms with Crippen LogP contribution in [0.25, 0.3) is 0 Å². The SMILES string of the molecule is N#Cc1cnc(Nc2ccc(Br)c(F)c2)cn1. The Balaban J connectivity index is 2.20. The third kappa shape index (κ3) is 2.77. The number of halogens is 2. The highest BCUT2D eigenvalue weighted by Crippen LogP contribution is 2.21. The zero-order valence-corrected chi connectivity index (χ0v) is 10.1. The van der Waals surface area contributed by atoms with Crippen LogP contribution in [0.2, 0.25) is 0 Å². The van der Waals surface area contributed by atoms with Gasteiger partial charge in [-0.05, 0) is 34.1 Å². The quantitative estimate of drug-likeness (QED) is 0.924. The van der Waals surface area contributed by atoms with Crippen molar-refractivity contribution < 1.29 is 4.39 Å². The number of aromatic nitrogens is 2. The molecule has 2 aromatic rings. The van der Waals surface area contributed by atoms with E-state index in [4.69, 9.17) is 5.26 Å². The molecule has 0 radical (unpaired) electrons. The molecule has 0 aliphatic rings. The molecule has 0 bridgehead atoms. The highest BCUT2D eigenvalue weighted by atomic mass is 79.9. The predicted molar refractivity (Wildman–Crippen MR) is 64.1 cm³/mol. The van der Waals surface area contributed by atoms with Crippen LogP contribution in [-0.2, 0) is 0 Å². The Labute approximate surface area is 105 Å². The smallest absolute Gasteiger partial charge is 0.158 e. The lowest BCUT2D eigenvalue weighted by molar-refractivity contribution is 0.622. The van der Waals surface area contributed by atoms with E-state index in [9.17, 15) is 4.39 Å². The minimum atomic E-state index is -0.364. The van der Waals surface area contributed by atoms with Crippen LogP contribution in [0, 0.1) is 17.1 Å². The van der Waals surface area contributed by atoms with Crippen LogP contribution in [0.3, 0.4) is 0 Å². The van der Waals surface area contributed by atoms with Gasteiger partial charge in [0.05, 0.1) is 16.9 Å². The summed E-state index contributed by atoms with van der Waals surface area (Å²) < 4.78 is 13.6.